The summed E-state index contributed by atoms with van der Waals surface area (Å²) in [5.74, 6) is -1.25. The summed E-state index contributed by atoms with van der Waals surface area (Å²) in [5, 5.41) is 10.3. The Morgan fingerprint density at radius 1 is 1.65 bits per heavy atom. The molecule has 0 bridgehead atoms. The van der Waals surface area contributed by atoms with Crippen LogP contribution in [0.1, 0.15) is 16.6 Å². The van der Waals surface area contributed by atoms with Gasteiger partial charge in [0.05, 0.1) is 6.61 Å². The Labute approximate surface area is 103 Å². The first-order chi connectivity index (χ1) is 7.88. The predicted octanol–water partition coefficient (Wildman–Crippen LogP) is 0.759. The smallest absolute Gasteiger partial charge is 0.347 e. The summed E-state index contributed by atoms with van der Waals surface area (Å²) in [6, 6.07) is 0.849. The van der Waals surface area contributed by atoms with Crippen molar-refractivity contribution in [3.05, 3.63) is 16.3 Å². The molecule has 0 spiro atoms. The molecule has 0 radical (unpaired) electrons. The molecule has 1 atom stereocenters. The topological polar surface area (TPSA) is 92.7 Å². The van der Waals surface area contributed by atoms with Crippen LogP contribution in [0.4, 0.5) is 0 Å². The zero-order chi connectivity index (χ0) is 13.1. The van der Waals surface area contributed by atoms with Crippen molar-refractivity contribution in [1.29, 1.82) is 0 Å². The average Bonchev–Trinajstić information content (AvgIpc) is 2.65. The number of sulfonamides is 1. The summed E-state index contributed by atoms with van der Waals surface area (Å²) in [4.78, 5) is 10.4. The van der Waals surface area contributed by atoms with Crippen LogP contribution in [-0.2, 0) is 14.8 Å². The lowest BCUT2D eigenvalue weighted by molar-refractivity contribution is 0.0698. The van der Waals surface area contributed by atoms with E-state index >= 15 is 0 Å². The van der Waals surface area contributed by atoms with Crippen LogP contribution in [0.5, 0.6) is 0 Å². The monoisotopic (exact) mass is 279 g/mol. The standard InChI is InChI=1S/C9H13NO5S2/c1-6(5-15-2)10-17(13,14)7-3-4-16-8(7)9(11)12/h3-4,6,10H,5H2,1-2H3,(H,11,12). The Balaban J connectivity index is 2.97. The summed E-state index contributed by atoms with van der Waals surface area (Å²) < 4.78 is 30.9. The van der Waals surface area contributed by atoms with Gasteiger partial charge in [-0.3, -0.25) is 0 Å². The van der Waals surface area contributed by atoms with E-state index in [0.717, 1.165) is 11.3 Å². The van der Waals surface area contributed by atoms with E-state index in [-0.39, 0.29) is 16.4 Å². The minimum Gasteiger partial charge on any atom is -0.477 e. The number of nitrogens with one attached hydrogen (secondary N) is 1. The second kappa shape index (κ2) is 5.58. The van der Waals surface area contributed by atoms with Crippen molar-refractivity contribution in [3.8, 4) is 0 Å². The summed E-state index contributed by atoms with van der Waals surface area (Å²) in [6.07, 6.45) is 0. The van der Waals surface area contributed by atoms with E-state index in [9.17, 15) is 13.2 Å². The van der Waals surface area contributed by atoms with Gasteiger partial charge in [0, 0.05) is 13.2 Å². The van der Waals surface area contributed by atoms with Gasteiger partial charge in [0.25, 0.3) is 0 Å². The maximum Gasteiger partial charge on any atom is 0.347 e. The number of hydrogen-bond donors (Lipinski definition) is 2. The minimum atomic E-state index is -3.81. The third-order valence-electron chi connectivity index (χ3n) is 1.89. The van der Waals surface area contributed by atoms with E-state index in [1.807, 2.05) is 0 Å². The molecule has 17 heavy (non-hydrogen) atoms. The third kappa shape index (κ3) is 3.50. The largest absolute Gasteiger partial charge is 0.477 e. The molecule has 0 aliphatic rings. The Morgan fingerprint density at radius 2 is 2.29 bits per heavy atom. The fraction of sp³-hybridized carbons (Fsp3) is 0.444. The number of carboxylic acid groups (broad SMARTS) is 1. The summed E-state index contributed by atoms with van der Waals surface area (Å²) >= 11 is 0.875. The van der Waals surface area contributed by atoms with Crippen molar-refractivity contribution >= 4 is 27.3 Å². The Hall–Kier alpha value is -0.960. The van der Waals surface area contributed by atoms with E-state index in [1.165, 1.54) is 18.6 Å². The molecule has 1 aromatic heterocycles. The molecule has 0 aliphatic heterocycles. The van der Waals surface area contributed by atoms with Crippen molar-refractivity contribution in [1.82, 2.24) is 4.72 Å². The lowest BCUT2D eigenvalue weighted by atomic mass is 10.4. The van der Waals surface area contributed by atoms with Crippen LogP contribution in [-0.4, -0.2) is 39.3 Å². The highest BCUT2D eigenvalue weighted by molar-refractivity contribution is 7.89. The lowest BCUT2D eigenvalue weighted by Gasteiger charge is -2.12. The van der Waals surface area contributed by atoms with Crippen LogP contribution in [0, 0.1) is 0 Å². The molecular formula is C9H13NO5S2. The maximum absolute atomic E-state index is 11.9. The Bertz CT molecular complexity index is 493. The molecule has 1 unspecified atom stereocenters. The number of carboxylic acids is 1. The maximum atomic E-state index is 11.9. The van der Waals surface area contributed by atoms with Gasteiger partial charge in [0.1, 0.15) is 9.77 Å². The van der Waals surface area contributed by atoms with Gasteiger partial charge < -0.3 is 9.84 Å². The molecule has 1 heterocycles. The summed E-state index contributed by atoms with van der Waals surface area (Å²) in [7, 11) is -2.36. The van der Waals surface area contributed by atoms with Crippen molar-refractivity contribution in [2.24, 2.45) is 0 Å². The zero-order valence-electron chi connectivity index (χ0n) is 9.34. The number of thiophene rings is 1. The molecule has 0 saturated heterocycles. The van der Waals surface area contributed by atoms with Crippen LogP contribution in [0.2, 0.25) is 0 Å². The minimum absolute atomic E-state index is 0.192. The first kappa shape index (κ1) is 14.1. The predicted molar refractivity (Wildman–Crippen MR) is 62.9 cm³/mol. The van der Waals surface area contributed by atoms with E-state index in [1.54, 1.807) is 6.92 Å². The van der Waals surface area contributed by atoms with E-state index in [2.05, 4.69) is 4.72 Å². The van der Waals surface area contributed by atoms with Crippen LogP contribution in [0.3, 0.4) is 0 Å². The van der Waals surface area contributed by atoms with Gasteiger partial charge in [-0.15, -0.1) is 11.3 Å². The first-order valence-corrected chi connectivity index (χ1v) is 7.07. The molecule has 2 N–H and O–H groups in total. The SMILES string of the molecule is COCC(C)NS(=O)(=O)c1ccsc1C(=O)O. The second-order valence-electron chi connectivity index (χ2n) is 3.40. The fourth-order valence-electron chi connectivity index (χ4n) is 1.28. The van der Waals surface area contributed by atoms with E-state index in [4.69, 9.17) is 9.84 Å². The van der Waals surface area contributed by atoms with Gasteiger partial charge in [-0.05, 0) is 18.4 Å². The zero-order valence-corrected chi connectivity index (χ0v) is 11.0. The van der Waals surface area contributed by atoms with Crippen molar-refractivity contribution in [3.63, 3.8) is 0 Å². The first-order valence-electron chi connectivity index (χ1n) is 4.70. The molecule has 0 amide bonds. The number of aromatic carboxylic acids is 1. The highest BCUT2D eigenvalue weighted by atomic mass is 32.2. The molecule has 96 valence electrons. The number of carbonyl (C=O) groups is 1. The van der Waals surface area contributed by atoms with E-state index in [0.29, 0.717) is 0 Å². The molecule has 0 fully saturated rings. The quantitative estimate of drug-likeness (QED) is 0.802. The van der Waals surface area contributed by atoms with Crippen LogP contribution < -0.4 is 4.72 Å². The number of ether oxygens (including phenoxy) is 1. The van der Waals surface area contributed by atoms with E-state index < -0.39 is 22.0 Å². The molecule has 1 rings (SSSR count). The molecule has 1 aromatic rings. The molecule has 8 heteroatoms. The van der Waals surface area contributed by atoms with Crippen molar-refractivity contribution in [2.45, 2.75) is 17.9 Å². The Kier molecular flexibility index (Phi) is 4.63. The van der Waals surface area contributed by atoms with Crippen molar-refractivity contribution < 1.29 is 23.1 Å². The molecule has 0 saturated carbocycles. The number of methoxy groups -OCH3 is 1. The number of rotatable bonds is 6. The van der Waals surface area contributed by atoms with Gasteiger partial charge >= 0.3 is 5.97 Å². The third-order valence-corrected chi connectivity index (χ3v) is 4.55. The highest BCUT2D eigenvalue weighted by Crippen LogP contribution is 2.21. The van der Waals surface area contributed by atoms with Gasteiger partial charge in [-0.1, -0.05) is 0 Å². The molecular weight excluding hydrogens is 266 g/mol. The highest BCUT2D eigenvalue weighted by Gasteiger charge is 2.25. The van der Waals surface area contributed by atoms with Crippen LogP contribution in [0.25, 0.3) is 0 Å². The Morgan fingerprint density at radius 3 is 2.82 bits per heavy atom. The molecule has 0 aliphatic carbocycles. The fourth-order valence-corrected chi connectivity index (χ4v) is 3.77. The lowest BCUT2D eigenvalue weighted by Crippen LogP contribution is -2.35. The summed E-state index contributed by atoms with van der Waals surface area (Å²) in [6.45, 7) is 1.85. The molecule has 6 nitrogen and oxygen atoms in total. The van der Waals surface area contributed by atoms with Crippen molar-refractivity contribution in [2.75, 3.05) is 13.7 Å². The van der Waals surface area contributed by atoms with Gasteiger partial charge in [-0.25, -0.2) is 17.9 Å². The van der Waals surface area contributed by atoms with Gasteiger partial charge in [0.2, 0.25) is 10.0 Å². The number of hydrogen-bond acceptors (Lipinski definition) is 5. The normalized spacial score (nSPS) is 13.5. The average molecular weight is 279 g/mol. The summed E-state index contributed by atoms with van der Waals surface area (Å²) in [5.41, 5.74) is 0. The molecule has 0 aromatic carbocycles. The second-order valence-corrected chi connectivity index (χ2v) is 6.00. The van der Waals surface area contributed by atoms with Crippen LogP contribution in [0.15, 0.2) is 16.3 Å². The van der Waals surface area contributed by atoms with Crippen LogP contribution >= 0.6 is 11.3 Å². The van der Waals surface area contributed by atoms with Gasteiger partial charge in [-0.2, -0.15) is 0 Å². The van der Waals surface area contributed by atoms with Gasteiger partial charge in [0.15, 0.2) is 0 Å².